The molecule has 1 aliphatic heterocycles. The molecule has 2 rings (SSSR count). The highest BCUT2D eigenvalue weighted by molar-refractivity contribution is 7.92. The molecule has 1 aromatic heterocycles. The molecule has 140 valence electrons. The van der Waals surface area contributed by atoms with Gasteiger partial charge >= 0.3 is 0 Å². The molecule has 25 heavy (non-hydrogen) atoms. The molecule has 0 bridgehead atoms. The number of amides is 1. The van der Waals surface area contributed by atoms with Crippen molar-refractivity contribution < 1.29 is 17.9 Å². The van der Waals surface area contributed by atoms with Crippen molar-refractivity contribution in [2.75, 3.05) is 30.2 Å². The van der Waals surface area contributed by atoms with Gasteiger partial charge < -0.3 is 9.64 Å². The van der Waals surface area contributed by atoms with Crippen molar-refractivity contribution in [2.45, 2.75) is 45.6 Å². The summed E-state index contributed by atoms with van der Waals surface area (Å²) < 4.78 is 30.8. The van der Waals surface area contributed by atoms with E-state index in [1.807, 2.05) is 11.8 Å². The van der Waals surface area contributed by atoms with Crippen molar-refractivity contribution in [1.82, 2.24) is 9.88 Å². The van der Waals surface area contributed by atoms with E-state index in [0.29, 0.717) is 31.1 Å². The number of carbonyl (C=O) groups is 1. The second-order valence-electron chi connectivity index (χ2n) is 6.17. The van der Waals surface area contributed by atoms with Crippen LogP contribution < -0.4 is 9.04 Å². The van der Waals surface area contributed by atoms with Gasteiger partial charge in [-0.15, -0.1) is 0 Å². The molecule has 7 nitrogen and oxygen atoms in total. The van der Waals surface area contributed by atoms with Gasteiger partial charge in [-0.3, -0.25) is 9.10 Å². The van der Waals surface area contributed by atoms with E-state index in [1.165, 1.54) is 17.5 Å². The van der Waals surface area contributed by atoms with Gasteiger partial charge in [-0.25, -0.2) is 13.4 Å². The quantitative estimate of drug-likeness (QED) is 0.735. The van der Waals surface area contributed by atoms with Crippen LogP contribution in [0.15, 0.2) is 18.3 Å². The Morgan fingerprint density at radius 3 is 2.52 bits per heavy atom. The molecule has 2 heterocycles. The molecule has 0 aromatic carbocycles. The predicted molar refractivity (Wildman–Crippen MR) is 97.2 cm³/mol. The van der Waals surface area contributed by atoms with Gasteiger partial charge in [0.2, 0.25) is 21.8 Å². The Hall–Kier alpha value is -1.83. The molecule has 0 unspecified atom stereocenters. The number of rotatable bonds is 7. The van der Waals surface area contributed by atoms with Crippen LogP contribution in [-0.2, 0) is 14.8 Å². The number of hydrogen-bond donors (Lipinski definition) is 0. The number of sulfonamides is 1. The van der Waals surface area contributed by atoms with E-state index in [9.17, 15) is 13.2 Å². The predicted octanol–water partition coefficient (Wildman–Crippen LogP) is 2.04. The third kappa shape index (κ3) is 5.07. The molecule has 0 spiro atoms. The minimum atomic E-state index is -3.30. The molecule has 0 radical (unpaired) electrons. The second kappa shape index (κ2) is 8.51. The lowest BCUT2D eigenvalue weighted by atomic mass is 10.1. The molecule has 1 saturated heterocycles. The average molecular weight is 369 g/mol. The Morgan fingerprint density at radius 1 is 1.32 bits per heavy atom. The third-order valence-corrected chi connectivity index (χ3v) is 6.19. The topological polar surface area (TPSA) is 79.8 Å². The first-order valence-corrected chi connectivity index (χ1v) is 10.4. The van der Waals surface area contributed by atoms with Crippen molar-refractivity contribution in [3.05, 3.63) is 18.3 Å². The number of anilines is 1. The summed E-state index contributed by atoms with van der Waals surface area (Å²) in [4.78, 5) is 18.0. The number of pyridine rings is 1. The Morgan fingerprint density at radius 2 is 2.00 bits per heavy atom. The van der Waals surface area contributed by atoms with Gasteiger partial charge in [-0.2, -0.15) is 0 Å². The fourth-order valence-electron chi connectivity index (χ4n) is 2.75. The van der Waals surface area contributed by atoms with E-state index < -0.39 is 10.0 Å². The van der Waals surface area contributed by atoms with Crippen molar-refractivity contribution in [2.24, 2.45) is 0 Å². The normalized spacial score (nSPS) is 15.9. The highest BCUT2D eigenvalue weighted by atomic mass is 32.2. The summed E-state index contributed by atoms with van der Waals surface area (Å²) in [5.74, 6) is 0.727. The van der Waals surface area contributed by atoms with Crippen LogP contribution in [0.1, 0.15) is 39.5 Å². The maximum atomic E-state index is 11.9. The van der Waals surface area contributed by atoms with Crippen LogP contribution in [-0.4, -0.2) is 56.2 Å². The summed E-state index contributed by atoms with van der Waals surface area (Å²) >= 11 is 0. The number of nitrogens with zero attached hydrogens (tertiary/aromatic N) is 3. The standard InChI is InChI=1S/C17H27N3O4S/c1-4-6-17(21)20-11-9-15(10-12-20)24-16-8-7-14(13-18-16)19(3)25(22,23)5-2/h7-8,13,15H,4-6,9-12H2,1-3H3. The first-order valence-electron chi connectivity index (χ1n) is 8.74. The van der Waals surface area contributed by atoms with Crippen molar-refractivity contribution >= 4 is 21.6 Å². The van der Waals surface area contributed by atoms with Crippen LogP contribution in [0.4, 0.5) is 5.69 Å². The first-order chi connectivity index (χ1) is 11.9. The fourth-order valence-corrected chi connectivity index (χ4v) is 3.57. The molecule has 0 N–H and O–H groups in total. The van der Waals surface area contributed by atoms with E-state index in [1.54, 1.807) is 19.1 Å². The van der Waals surface area contributed by atoms with Crippen molar-refractivity contribution in [3.8, 4) is 5.88 Å². The molecular weight excluding hydrogens is 342 g/mol. The molecule has 8 heteroatoms. The lowest BCUT2D eigenvalue weighted by Gasteiger charge is -2.32. The van der Waals surface area contributed by atoms with Gasteiger partial charge in [0.25, 0.3) is 0 Å². The van der Waals surface area contributed by atoms with Gasteiger partial charge in [-0.1, -0.05) is 6.92 Å². The smallest absolute Gasteiger partial charge is 0.234 e. The zero-order valence-electron chi connectivity index (χ0n) is 15.1. The highest BCUT2D eigenvalue weighted by Gasteiger charge is 2.24. The molecule has 0 aliphatic carbocycles. The SMILES string of the molecule is CCCC(=O)N1CCC(Oc2ccc(N(C)S(=O)(=O)CC)cn2)CC1. The van der Waals surface area contributed by atoms with E-state index in [0.717, 1.165) is 19.3 Å². The van der Waals surface area contributed by atoms with Crippen LogP contribution in [0.2, 0.25) is 0 Å². The van der Waals surface area contributed by atoms with Gasteiger partial charge in [0.1, 0.15) is 6.10 Å². The molecule has 0 saturated carbocycles. The summed E-state index contributed by atoms with van der Waals surface area (Å²) in [5.41, 5.74) is 0.509. The Balaban J connectivity index is 1.89. The van der Waals surface area contributed by atoms with Crippen molar-refractivity contribution in [3.63, 3.8) is 0 Å². The van der Waals surface area contributed by atoms with Gasteiger partial charge in [0.05, 0.1) is 17.6 Å². The lowest BCUT2D eigenvalue weighted by Crippen LogP contribution is -2.41. The minimum Gasteiger partial charge on any atom is -0.474 e. The average Bonchev–Trinajstić information content (AvgIpc) is 2.62. The monoisotopic (exact) mass is 369 g/mol. The minimum absolute atomic E-state index is 0.0288. The fraction of sp³-hybridized carbons (Fsp3) is 0.647. The molecule has 1 amide bonds. The Kier molecular flexibility index (Phi) is 6.64. The molecule has 0 atom stereocenters. The molecule has 1 aromatic rings. The number of ether oxygens (including phenoxy) is 1. The summed E-state index contributed by atoms with van der Waals surface area (Å²) in [6.45, 7) is 5.03. The summed E-state index contributed by atoms with van der Waals surface area (Å²) in [6, 6.07) is 3.38. The van der Waals surface area contributed by atoms with E-state index >= 15 is 0 Å². The van der Waals surface area contributed by atoms with Crippen LogP contribution in [0.3, 0.4) is 0 Å². The molecular formula is C17H27N3O4S. The van der Waals surface area contributed by atoms with Crippen molar-refractivity contribution in [1.29, 1.82) is 0 Å². The van der Waals surface area contributed by atoms with Gasteiger partial charge in [-0.05, 0) is 19.4 Å². The zero-order chi connectivity index (χ0) is 18.4. The lowest BCUT2D eigenvalue weighted by molar-refractivity contribution is -0.133. The summed E-state index contributed by atoms with van der Waals surface area (Å²) in [6.07, 6.45) is 4.56. The largest absolute Gasteiger partial charge is 0.474 e. The zero-order valence-corrected chi connectivity index (χ0v) is 16.0. The molecule has 1 aliphatic rings. The van der Waals surface area contributed by atoms with Crippen LogP contribution >= 0.6 is 0 Å². The van der Waals surface area contributed by atoms with Gasteiger partial charge in [0.15, 0.2) is 0 Å². The first kappa shape index (κ1) is 19.5. The number of likely N-dealkylation sites (tertiary alicyclic amines) is 1. The summed E-state index contributed by atoms with van der Waals surface area (Å²) in [5, 5.41) is 0. The number of piperidine rings is 1. The number of carbonyl (C=O) groups excluding carboxylic acids is 1. The Labute approximate surface area is 150 Å². The summed E-state index contributed by atoms with van der Waals surface area (Å²) in [7, 11) is -1.78. The highest BCUT2D eigenvalue weighted by Crippen LogP contribution is 2.21. The number of hydrogen-bond acceptors (Lipinski definition) is 5. The van der Waals surface area contributed by atoms with E-state index in [4.69, 9.17) is 4.74 Å². The maximum absolute atomic E-state index is 11.9. The van der Waals surface area contributed by atoms with Crippen LogP contribution in [0.5, 0.6) is 5.88 Å². The number of aromatic nitrogens is 1. The maximum Gasteiger partial charge on any atom is 0.234 e. The van der Waals surface area contributed by atoms with Crippen LogP contribution in [0.25, 0.3) is 0 Å². The third-order valence-electron chi connectivity index (χ3n) is 4.41. The van der Waals surface area contributed by atoms with Gasteiger partial charge in [0, 0.05) is 45.5 Å². The van der Waals surface area contributed by atoms with Crippen LogP contribution in [0, 0.1) is 0 Å². The van der Waals surface area contributed by atoms with E-state index in [2.05, 4.69) is 4.98 Å². The molecule has 1 fully saturated rings. The van der Waals surface area contributed by atoms with E-state index in [-0.39, 0.29) is 17.8 Å². The Bertz CT molecular complexity index is 668. The second-order valence-corrected chi connectivity index (χ2v) is 8.46.